The van der Waals surface area contributed by atoms with Crippen molar-refractivity contribution in [2.45, 2.75) is 26.2 Å². The van der Waals surface area contributed by atoms with Crippen LogP contribution in [-0.2, 0) is 26.5 Å². The first-order valence-corrected chi connectivity index (χ1v) is 12.0. The molecule has 0 unspecified atom stereocenters. The van der Waals surface area contributed by atoms with E-state index in [-0.39, 0.29) is 32.2 Å². The van der Waals surface area contributed by atoms with Crippen molar-refractivity contribution >= 4 is 21.9 Å². The number of pyridine rings is 1. The van der Waals surface area contributed by atoms with Crippen molar-refractivity contribution in [1.82, 2.24) is 9.97 Å². The minimum Gasteiger partial charge on any atom is -0.507 e. The molecule has 37 heavy (non-hydrogen) atoms. The van der Waals surface area contributed by atoms with Crippen molar-refractivity contribution in [3.8, 4) is 39.6 Å². The van der Waals surface area contributed by atoms with Gasteiger partial charge in [-0.3, -0.25) is 4.98 Å². The Morgan fingerprint density at radius 1 is 0.838 bits per heavy atom. The molecule has 6 rings (SSSR count). The van der Waals surface area contributed by atoms with Crippen LogP contribution in [0.15, 0.2) is 95.5 Å². The Kier molecular flexibility index (Phi) is 6.47. The van der Waals surface area contributed by atoms with Crippen LogP contribution >= 0.6 is 0 Å². The molecule has 0 fully saturated rings. The average molecular weight is 665 g/mol. The van der Waals surface area contributed by atoms with E-state index in [0.29, 0.717) is 17.0 Å². The number of fused-ring (bicyclic) bond motifs is 2. The van der Waals surface area contributed by atoms with E-state index in [1.165, 1.54) is 0 Å². The fraction of sp³-hybridized carbons (Fsp3) is 0.125. The van der Waals surface area contributed by atoms with Crippen LogP contribution in [0, 0.1) is 6.07 Å². The molecule has 4 aromatic carbocycles. The zero-order valence-electron chi connectivity index (χ0n) is 20.7. The molecule has 186 valence electrons. The van der Waals surface area contributed by atoms with Crippen LogP contribution in [0.25, 0.3) is 55.7 Å². The number of oxazole rings is 1. The van der Waals surface area contributed by atoms with Gasteiger partial charge in [0, 0.05) is 33.0 Å². The van der Waals surface area contributed by atoms with Crippen LogP contribution in [0.3, 0.4) is 0 Å². The van der Waals surface area contributed by atoms with Crippen molar-refractivity contribution in [1.29, 1.82) is 0 Å². The van der Waals surface area contributed by atoms with Crippen molar-refractivity contribution in [2.75, 3.05) is 0 Å². The number of phenols is 1. The van der Waals surface area contributed by atoms with Crippen LogP contribution in [0.1, 0.15) is 26.3 Å². The summed E-state index contributed by atoms with van der Waals surface area (Å²) in [6.45, 7) is 6.55. The zero-order chi connectivity index (χ0) is 24.9. The molecule has 0 atom stereocenters. The molecule has 0 saturated carbocycles. The van der Waals surface area contributed by atoms with Crippen molar-refractivity contribution < 1.29 is 30.6 Å². The third-order valence-corrected chi connectivity index (χ3v) is 6.50. The number of aromatic nitrogens is 2. The van der Waals surface area contributed by atoms with Gasteiger partial charge in [0.05, 0.1) is 11.1 Å². The van der Waals surface area contributed by atoms with Crippen LogP contribution in [0.2, 0.25) is 0 Å². The molecule has 0 saturated heterocycles. The summed E-state index contributed by atoms with van der Waals surface area (Å²) in [4.78, 5) is 9.48. The number of aromatic hydroxyl groups is 1. The molecule has 1 N–H and O–H groups in total. The first kappa shape index (κ1) is 24.9. The van der Waals surface area contributed by atoms with E-state index in [4.69, 9.17) is 9.40 Å². The Hall–Kier alpha value is -3.75. The van der Waals surface area contributed by atoms with Gasteiger partial charge in [0.1, 0.15) is 11.3 Å². The number of hydrogen-bond acceptors (Lipinski definition) is 4. The Bertz CT molecular complexity index is 1730. The first-order chi connectivity index (χ1) is 17.4. The van der Waals surface area contributed by atoms with Crippen molar-refractivity contribution in [2.24, 2.45) is 0 Å². The third kappa shape index (κ3) is 4.58. The second kappa shape index (κ2) is 9.61. The van der Waals surface area contributed by atoms with Gasteiger partial charge in [0.15, 0.2) is 0 Å². The quantitative estimate of drug-likeness (QED) is 0.194. The normalized spacial score (nSPS) is 11.5. The molecule has 0 aliphatic rings. The van der Waals surface area contributed by atoms with Crippen LogP contribution in [0.4, 0.5) is 0 Å². The summed E-state index contributed by atoms with van der Waals surface area (Å²) < 4.78 is 6.24. The molecule has 4 nitrogen and oxygen atoms in total. The molecule has 5 heteroatoms. The summed E-state index contributed by atoms with van der Waals surface area (Å²) in [6, 6.07) is 31.4. The van der Waals surface area contributed by atoms with E-state index in [9.17, 15) is 5.11 Å². The number of nitrogens with zero attached hydrogens (tertiary/aromatic N) is 2. The third-order valence-electron chi connectivity index (χ3n) is 6.50. The molecule has 0 spiro atoms. The number of phenolic OH excluding ortho intramolecular Hbond substituents is 1. The van der Waals surface area contributed by atoms with Crippen molar-refractivity contribution in [3.63, 3.8) is 0 Å². The summed E-state index contributed by atoms with van der Waals surface area (Å²) >= 11 is 0. The molecule has 0 radical (unpaired) electrons. The maximum Gasteiger partial charge on any atom is 0.230 e. The van der Waals surface area contributed by atoms with Gasteiger partial charge in [-0.05, 0) is 35.2 Å². The number of rotatable bonds is 3. The van der Waals surface area contributed by atoms with Gasteiger partial charge >= 0.3 is 0 Å². The Balaban J connectivity index is 0.00000280. The van der Waals surface area contributed by atoms with Gasteiger partial charge < -0.3 is 9.52 Å². The van der Waals surface area contributed by atoms with Gasteiger partial charge in [0.25, 0.3) is 0 Å². The molecular weight excluding hydrogens is 639 g/mol. The Labute approximate surface area is 230 Å². The van der Waals surface area contributed by atoms with Gasteiger partial charge in [-0.2, -0.15) is 0 Å². The predicted octanol–water partition coefficient (Wildman–Crippen LogP) is 8.18. The standard InChI is InChI=1S/C32H25N2O2.Pt/c1-32(2,3)22-18-25(30-29(19-22)36-31(34-30)24-12-6-7-14-28(24)35)21-16-20-10-4-5-11-23(20)26(17-21)27-13-8-9-15-33-27;/h4-16,18-19,35H,1-3H3;/q-1;. The van der Waals surface area contributed by atoms with Gasteiger partial charge in [-0.25, -0.2) is 4.98 Å². The monoisotopic (exact) mass is 664 g/mol. The minimum absolute atomic E-state index is 0. The Morgan fingerprint density at radius 3 is 2.35 bits per heavy atom. The summed E-state index contributed by atoms with van der Waals surface area (Å²) in [5.74, 6) is 0.525. The second-order valence-electron chi connectivity index (χ2n) is 10.0. The molecule has 0 aliphatic heterocycles. The number of hydrogen-bond donors (Lipinski definition) is 1. The smallest absolute Gasteiger partial charge is 0.230 e. The molecule has 0 bridgehead atoms. The predicted molar refractivity (Wildman–Crippen MR) is 145 cm³/mol. The number of para-hydroxylation sites is 1. The fourth-order valence-electron chi connectivity index (χ4n) is 4.54. The van der Waals surface area contributed by atoms with Gasteiger partial charge in [0.2, 0.25) is 5.89 Å². The van der Waals surface area contributed by atoms with Crippen molar-refractivity contribution in [3.05, 3.63) is 103 Å². The first-order valence-electron chi connectivity index (χ1n) is 12.0. The fourth-order valence-corrected chi connectivity index (χ4v) is 4.54. The molecule has 2 heterocycles. The topological polar surface area (TPSA) is 59.2 Å². The molecule has 6 aromatic rings. The maximum atomic E-state index is 10.4. The summed E-state index contributed by atoms with van der Waals surface area (Å²) in [5.41, 5.74) is 6.67. The SMILES string of the molecule is CC(C)(C)c1cc(-c2[c-]c(-c3ccccn3)c3ccccc3c2)c2nc(-c3ccccc3O)oc2c1.[Pt]. The van der Waals surface area contributed by atoms with E-state index in [1.54, 1.807) is 18.3 Å². The Morgan fingerprint density at radius 2 is 1.59 bits per heavy atom. The van der Waals surface area contributed by atoms with E-state index in [0.717, 1.165) is 44.2 Å². The van der Waals surface area contributed by atoms with E-state index in [1.807, 2.05) is 42.5 Å². The van der Waals surface area contributed by atoms with E-state index >= 15 is 0 Å². The molecular formula is C32H25N2O2Pt-. The minimum atomic E-state index is -0.106. The molecule has 2 aromatic heterocycles. The van der Waals surface area contributed by atoms with E-state index in [2.05, 4.69) is 62.2 Å². The maximum absolute atomic E-state index is 10.4. The zero-order valence-corrected chi connectivity index (χ0v) is 23.0. The second-order valence-corrected chi connectivity index (χ2v) is 10.0. The molecule has 0 amide bonds. The average Bonchev–Trinajstić information content (AvgIpc) is 3.32. The largest absolute Gasteiger partial charge is 0.507 e. The summed E-state index contributed by atoms with van der Waals surface area (Å²) in [6.07, 6.45) is 1.80. The summed E-state index contributed by atoms with van der Waals surface area (Å²) in [7, 11) is 0. The summed E-state index contributed by atoms with van der Waals surface area (Å²) in [5, 5.41) is 12.6. The van der Waals surface area contributed by atoms with Gasteiger partial charge in [-0.15, -0.1) is 17.7 Å². The van der Waals surface area contributed by atoms with Crippen LogP contribution in [-0.4, -0.2) is 15.1 Å². The molecule has 0 aliphatic carbocycles. The van der Waals surface area contributed by atoms with Gasteiger partial charge in [-0.1, -0.05) is 97.3 Å². The van der Waals surface area contributed by atoms with E-state index < -0.39 is 0 Å². The number of benzene rings is 4. The van der Waals surface area contributed by atoms with Crippen LogP contribution < -0.4 is 0 Å². The van der Waals surface area contributed by atoms with Crippen LogP contribution in [0.5, 0.6) is 5.75 Å².